The first-order valence-corrected chi connectivity index (χ1v) is 8.12. The van der Waals surface area contributed by atoms with Crippen LogP contribution in [0, 0.1) is 12.8 Å². The van der Waals surface area contributed by atoms with E-state index in [0.717, 1.165) is 0 Å². The Morgan fingerprint density at radius 2 is 2.18 bits per heavy atom. The van der Waals surface area contributed by atoms with Gasteiger partial charge in [-0.05, 0) is 18.6 Å². The van der Waals surface area contributed by atoms with Crippen molar-refractivity contribution < 1.29 is 23.4 Å². The van der Waals surface area contributed by atoms with Gasteiger partial charge in [0.2, 0.25) is 0 Å². The van der Waals surface area contributed by atoms with Crippen molar-refractivity contribution in [2.75, 3.05) is 5.32 Å². The number of benzene rings is 1. The van der Waals surface area contributed by atoms with Crippen LogP contribution >= 0.6 is 10.8 Å². The maximum Gasteiger partial charge on any atom is 0.314 e. The summed E-state index contributed by atoms with van der Waals surface area (Å²) >= 11 is 0. The summed E-state index contributed by atoms with van der Waals surface area (Å²) in [6.07, 6.45) is 0.275. The molecule has 1 aromatic heterocycles. The number of hydrogen-bond donors (Lipinski definition) is 4. The van der Waals surface area contributed by atoms with Crippen molar-refractivity contribution in [3.8, 4) is 0 Å². The van der Waals surface area contributed by atoms with Crippen molar-refractivity contribution in [3.63, 3.8) is 0 Å². The number of amidine groups is 1. The van der Waals surface area contributed by atoms with Crippen LogP contribution in [-0.2, 0) is 4.79 Å². The highest BCUT2D eigenvalue weighted by Crippen LogP contribution is 2.58. The number of oxazole rings is 1. The highest BCUT2D eigenvalue weighted by molar-refractivity contribution is 8.23. The molecule has 1 unspecified atom stereocenters. The summed E-state index contributed by atoms with van der Waals surface area (Å²) in [5.74, 6) is -1.59. The van der Waals surface area contributed by atoms with Crippen molar-refractivity contribution in [2.45, 2.75) is 25.2 Å². The van der Waals surface area contributed by atoms with E-state index in [1.807, 2.05) is 0 Å². The Hall–Kier alpha value is -2.10. The van der Waals surface area contributed by atoms with Crippen LogP contribution in [0.3, 0.4) is 0 Å². The minimum atomic E-state index is -3.55. The lowest BCUT2D eigenvalue weighted by molar-refractivity contribution is -0.139. The van der Waals surface area contributed by atoms with Gasteiger partial charge in [0.15, 0.2) is 11.5 Å². The number of rotatable bonds is 3. The van der Waals surface area contributed by atoms with Crippen molar-refractivity contribution in [2.24, 2.45) is 10.3 Å². The molecule has 8 nitrogen and oxygen atoms in total. The SMILES string of the molecule is CCC(C(=O)O)C1=NS(O)(O)c2c(ccc3oc(C)nc23)N1. The molecular formula is C13H15N3O5S. The highest BCUT2D eigenvalue weighted by atomic mass is 32.3. The Morgan fingerprint density at radius 3 is 2.82 bits per heavy atom. The minimum Gasteiger partial charge on any atom is -0.481 e. The molecule has 1 aliphatic heterocycles. The molecule has 0 radical (unpaired) electrons. The van der Waals surface area contributed by atoms with Gasteiger partial charge in [0, 0.05) is 6.92 Å². The van der Waals surface area contributed by atoms with Gasteiger partial charge in [-0.15, -0.1) is 4.40 Å². The van der Waals surface area contributed by atoms with Crippen LogP contribution in [0.5, 0.6) is 0 Å². The van der Waals surface area contributed by atoms with Gasteiger partial charge in [-0.3, -0.25) is 13.9 Å². The second-order valence-electron chi connectivity index (χ2n) is 4.94. The van der Waals surface area contributed by atoms with E-state index >= 15 is 0 Å². The molecule has 1 aromatic carbocycles. The number of aromatic nitrogens is 1. The molecule has 0 saturated carbocycles. The highest BCUT2D eigenvalue weighted by Gasteiger charge is 2.34. The molecule has 2 aromatic rings. The molecule has 0 fully saturated rings. The number of nitrogens with one attached hydrogen (secondary N) is 1. The molecule has 0 bridgehead atoms. The normalized spacial score (nSPS) is 19.0. The molecule has 118 valence electrons. The molecule has 2 heterocycles. The first-order chi connectivity index (χ1) is 10.3. The number of aryl methyl sites for hydroxylation is 1. The van der Waals surface area contributed by atoms with E-state index in [4.69, 9.17) is 4.42 Å². The van der Waals surface area contributed by atoms with Crippen molar-refractivity contribution in [1.82, 2.24) is 4.98 Å². The maximum atomic E-state index is 11.3. The Balaban J connectivity index is 2.17. The van der Waals surface area contributed by atoms with Gasteiger partial charge in [0.1, 0.15) is 22.2 Å². The second-order valence-corrected chi connectivity index (χ2v) is 6.57. The average molecular weight is 325 g/mol. The maximum absolute atomic E-state index is 11.3. The summed E-state index contributed by atoms with van der Waals surface area (Å²) in [4.78, 5) is 15.6. The molecule has 1 atom stereocenters. The van der Waals surface area contributed by atoms with E-state index in [1.165, 1.54) is 0 Å². The van der Waals surface area contributed by atoms with Crippen LogP contribution in [-0.4, -0.2) is 31.0 Å². The zero-order valence-corrected chi connectivity index (χ0v) is 12.7. The summed E-state index contributed by atoms with van der Waals surface area (Å²) in [6, 6.07) is 3.24. The number of carbonyl (C=O) groups is 1. The fourth-order valence-electron chi connectivity index (χ4n) is 2.44. The van der Waals surface area contributed by atoms with E-state index < -0.39 is 22.7 Å². The first-order valence-electron chi connectivity index (χ1n) is 6.61. The van der Waals surface area contributed by atoms with E-state index in [2.05, 4.69) is 14.7 Å². The lowest BCUT2D eigenvalue weighted by Crippen LogP contribution is -2.32. The molecule has 22 heavy (non-hydrogen) atoms. The molecule has 0 spiro atoms. The number of aliphatic carboxylic acids is 1. The lowest BCUT2D eigenvalue weighted by atomic mass is 10.1. The summed E-state index contributed by atoms with van der Waals surface area (Å²) in [6.45, 7) is 3.34. The van der Waals surface area contributed by atoms with Gasteiger partial charge < -0.3 is 14.8 Å². The predicted molar refractivity (Wildman–Crippen MR) is 82.3 cm³/mol. The average Bonchev–Trinajstić information content (AvgIpc) is 2.77. The van der Waals surface area contributed by atoms with Crippen molar-refractivity contribution in [3.05, 3.63) is 18.0 Å². The zero-order valence-electron chi connectivity index (χ0n) is 11.9. The second kappa shape index (κ2) is 4.97. The van der Waals surface area contributed by atoms with Crippen molar-refractivity contribution >= 4 is 39.4 Å². The third kappa shape index (κ3) is 2.23. The van der Waals surface area contributed by atoms with Gasteiger partial charge in [-0.2, -0.15) is 0 Å². The number of carboxylic acids is 1. The molecular weight excluding hydrogens is 310 g/mol. The van der Waals surface area contributed by atoms with E-state index in [9.17, 15) is 19.0 Å². The third-order valence-electron chi connectivity index (χ3n) is 3.42. The molecule has 9 heteroatoms. The quantitative estimate of drug-likeness (QED) is 0.682. The number of hydrogen-bond acceptors (Lipinski definition) is 7. The van der Waals surface area contributed by atoms with E-state index in [-0.39, 0.29) is 17.2 Å². The first kappa shape index (κ1) is 14.8. The monoisotopic (exact) mass is 325 g/mol. The van der Waals surface area contributed by atoms with E-state index in [0.29, 0.717) is 22.7 Å². The molecule has 1 aliphatic rings. The van der Waals surface area contributed by atoms with Crippen LogP contribution in [0.2, 0.25) is 0 Å². The molecule has 0 aliphatic carbocycles. The number of nitrogens with zero attached hydrogens (tertiary/aromatic N) is 2. The predicted octanol–water partition coefficient (Wildman–Crippen LogP) is 3.10. The van der Waals surface area contributed by atoms with Crippen LogP contribution in [0.1, 0.15) is 19.2 Å². The number of carboxylic acid groups (broad SMARTS) is 1. The Kier molecular flexibility index (Phi) is 3.35. The lowest BCUT2D eigenvalue weighted by Gasteiger charge is -2.35. The van der Waals surface area contributed by atoms with Gasteiger partial charge in [-0.1, -0.05) is 17.7 Å². The molecule has 4 N–H and O–H groups in total. The Labute approximate surface area is 127 Å². The Bertz CT molecular complexity index is 798. The Morgan fingerprint density at radius 1 is 1.45 bits per heavy atom. The molecule has 0 saturated heterocycles. The van der Waals surface area contributed by atoms with Crippen LogP contribution in [0.4, 0.5) is 5.69 Å². The number of fused-ring (bicyclic) bond motifs is 3. The third-order valence-corrected chi connectivity index (χ3v) is 4.83. The summed E-state index contributed by atoms with van der Waals surface area (Å²) in [5.41, 5.74) is 1.11. The topological polar surface area (TPSA) is 128 Å². The van der Waals surface area contributed by atoms with Crippen LogP contribution in [0.15, 0.2) is 25.8 Å². The zero-order chi connectivity index (χ0) is 16.1. The minimum absolute atomic E-state index is 0.0297. The molecule has 0 amide bonds. The van der Waals surface area contributed by atoms with Crippen LogP contribution < -0.4 is 5.32 Å². The van der Waals surface area contributed by atoms with Crippen molar-refractivity contribution in [1.29, 1.82) is 0 Å². The standard InChI is InChI=1S/C13H15N3O5S/c1-3-7(13(17)18)12-15-8-4-5-9-10(14-6(2)21-9)11(8)22(19,20)16-12/h4-5,7,19-20H,3H2,1-2H3,(H,15,16)(H,17,18). The molecule has 3 rings (SSSR count). The van der Waals surface area contributed by atoms with Gasteiger partial charge in [0.05, 0.1) is 5.69 Å². The smallest absolute Gasteiger partial charge is 0.314 e. The van der Waals surface area contributed by atoms with Gasteiger partial charge in [0.25, 0.3) is 0 Å². The summed E-state index contributed by atoms with van der Waals surface area (Å²) < 4.78 is 30.0. The fraction of sp³-hybridized carbons (Fsp3) is 0.308. The summed E-state index contributed by atoms with van der Waals surface area (Å²) in [7, 11) is -3.55. The van der Waals surface area contributed by atoms with Gasteiger partial charge in [-0.25, -0.2) is 4.98 Å². The fourth-order valence-corrected chi connectivity index (χ4v) is 3.79. The largest absolute Gasteiger partial charge is 0.481 e. The van der Waals surface area contributed by atoms with E-state index in [1.54, 1.807) is 26.0 Å². The van der Waals surface area contributed by atoms with Gasteiger partial charge >= 0.3 is 5.97 Å². The summed E-state index contributed by atoms with van der Waals surface area (Å²) in [5, 5.41) is 12.1. The van der Waals surface area contributed by atoms with Crippen LogP contribution in [0.25, 0.3) is 11.1 Å². The number of anilines is 1.